The zero-order valence-corrected chi connectivity index (χ0v) is 16.9. The SMILES string of the molecule is Cc1ccc(N)cc1C(=O)N(C)C1CCCN(c2ccccc2)C1.Cl.Cl. The number of nitrogen functional groups attached to an aromatic ring is 1. The summed E-state index contributed by atoms with van der Waals surface area (Å²) in [7, 11) is 1.91. The van der Waals surface area contributed by atoms with Crippen molar-refractivity contribution < 1.29 is 4.79 Å². The normalized spacial score (nSPS) is 16.2. The van der Waals surface area contributed by atoms with Crippen LogP contribution in [0.4, 0.5) is 11.4 Å². The summed E-state index contributed by atoms with van der Waals surface area (Å²) in [6.45, 7) is 3.87. The maximum atomic E-state index is 12.9. The number of aryl methyl sites for hydroxylation is 1. The monoisotopic (exact) mass is 395 g/mol. The van der Waals surface area contributed by atoms with Gasteiger partial charge in [-0.2, -0.15) is 0 Å². The molecule has 2 aromatic carbocycles. The number of nitrogens with zero attached hydrogens (tertiary/aromatic N) is 2. The van der Waals surface area contributed by atoms with E-state index in [-0.39, 0.29) is 36.8 Å². The molecule has 0 aliphatic carbocycles. The average Bonchev–Trinajstić information content (AvgIpc) is 2.63. The van der Waals surface area contributed by atoms with E-state index in [4.69, 9.17) is 5.73 Å². The van der Waals surface area contributed by atoms with Crippen molar-refractivity contribution >= 4 is 42.1 Å². The molecule has 4 nitrogen and oxygen atoms in total. The molecular weight excluding hydrogens is 369 g/mol. The molecule has 0 aromatic heterocycles. The van der Waals surface area contributed by atoms with E-state index in [0.717, 1.165) is 31.5 Å². The first-order chi connectivity index (χ1) is 11.6. The lowest BCUT2D eigenvalue weighted by Crippen LogP contribution is -2.48. The number of hydrogen-bond donors (Lipinski definition) is 1. The number of benzene rings is 2. The number of piperidine rings is 1. The number of carbonyl (C=O) groups excluding carboxylic acids is 1. The molecule has 1 aliphatic heterocycles. The van der Waals surface area contributed by atoms with Crippen LogP contribution in [0.3, 0.4) is 0 Å². The van der Waals surface area contributed by atoms with E-state index in [1.807, 2.05) is 37.1 Å². The topological polar surface area (TPSA) is 49.6 Å². The van der Waals surface area contributed by atoms with Crippen molar-refractivity contribution in [1.29, 1.82) is 0 Å². The van der Waals surface area contributed by atoms with Gasteiger partial charge in [0, 0.05) is 43.1 Å². The van der Waals surface area contributed by atoms with Crippen LogP contribution < -0.4 is 10.6 Å². The lowest BCUT2D eigenvalue weighted by atomic mass is 10.0. The van der Waals surface area contributed by atoms with Gasteiger partial charge in [-0.15, -0.1) is 24.8 Å². The highest BCUT2D eigenvalue weighted by Crippen LogP contribution is 2.23. The van der Waals surface area contributed by atoms with Crippen LogP contribution >= 0.6 is 24.8 Å². The molecule has 142 valence electrons. The van der Waals surface area contributed by atoms with Crippen molar-refractivity contribution in [2.75, 3.05) is 30.8 Å². The molecule has 6 heteroatoms. The first-order valence-corrected chi connectivity index (χ1v) is 8.49. The average molecular weight is 396 g/mol. The largest absolute Gasteiger partial charge is 0.399 e. The number of rotatable bonds is 3. The Morgan fingerprint density at radius 2 is 1.85 bits per heavy atom. The number of likely N-dealkylation sites (N-methyl/N-ethyl adjacent to an activating group) is 1. The molecule has 1 aliphatic rings. The maximum absolute atomic E-state index is 12.9. The minimum atomic E-state index is 0. The maximum Gasteiger partial charge on any atom is 0.254 e. The summed E-state index contributed by atoms with van der Waals surface area (Å²) in [5, 5.41) is 0. The van der Waals surface area contributed by atoms with Crippen LogP contribution in [-0.2, 0) is 0 Å². The van der Waals surface area contributed by atoms with Crippen molar-refractivity contribution in [1.82, 2.24) is 4.90 Å². The molecule has 3 rings (SSSR count). The van der Waals surface area contributed by atoms with E-state index < -0.39 is 0 Å². The van der Waals surface area contributed by atoms with Crippen LogP contribution in [0.1, 0.15) is 28.8 Å². The van der Waals surface area contributed by atoms with Crippen molar-refractivity contribution in [3.63, 3.8) is 0 Å². The number of hydrogen-bond acceptors (Lipinski definition) is 3. The van der Waals surface area contributed by atoms with Gasteiger partial charge in [-0.05, 0) is 49.6 Å². The molecule has 1 amide bonds. The fourth-order valence-electron chi connectivity index (χ4n) is 3.37. The minimum Gasteiger partial charge on any atom is -0.399 e. The van der Waals surface area contributed by atoms with Gasteiger partial charge < -0.3 is 15.5 Å². The van der Waals surface area contributed by atoms with Gasteiger partial charge in [0.05, 0.1) is 0 Å². The van der Waals surface area contributed by atoms with Gasteiger partial charge in [0.2, 0.25) is 0 Å². The third kappa shape index (κ3) is 4.83. The van der Waals surface area contributed by atoms with E-state index in [1.54, 1.807) is 6.07 Å². The van der Waals surface area contributed by atoms with Crippen LogP contribution in [0.25, 0.3) is 0 Å². The van der Waals surface area contributed by atoms with E-state index in [0.29, 0.717) is 11.3 Å². The lowest BCUT2D eigenvalue weighted by Gasteiger charge is -2.39. The summed E-state index contributed by atoms with van der Waals surface area (Å²) >= 11 is 0. The molecule has 26 heavy (non-hydrogen) atoms. The predicted octanol–water partition coefficient (Wildman–Crippen LogP) is 4.16. The van der Waals surface area contributed by atoms with E-state index >= 15 is 0 Å². The Hall–Kier alpha value is -1.91. The molecule has 1 unspecified atom stereocenters. The summed E-state index contributed by atoms with van der Waals surface area (Å²) in [5.74, 6) is 0.0553. The van der Waals surface area contributed by atoms with Gasteiger partial charge in [-0.25, -0.2) is 0 Å². The highest BCUT2D eigenvalue weighted by Gasteiger charge is 2.27. The van der Waals surface area contributed by atoms with Crippen LogP contribution in [-0.4, -0.2) is 37.0 Å². The van der Waals surface area contributed by atoms with Gasteiger partial charge in [-0.1, -0.05) is 24.3 Å². The number of amides is 1. The molecule has 0 radical (unpaired) electrons. The molecule has 1 saturated heterocycles. The second kappa shape index (κ2) is 9.70. The standard InChI is InChI=1S/C20H25N3O.2ClH/c1-15-10-11-16(21)13-19(15)20(24)22(2)18-9-6-12-23(14-18)17-7-4-3-5-8-17;;/h3-5,7-8,10-11,13,18H,6,9,12,14,21H2,1-2H3;2*1H. The smallest absolute Gasteiger partial charge is 0.254 e. The summed E-state index contributed by atoms with van der Waals surface area (Å²) in [6, 6.07) is 16.2. The van der Waals surface area contributed by atoms with Crippen LogP contribution in [0, 0.1) is 6.92 Å². The van der Waals surface area contributed by atoms with Gasteiger partial charge in [0.15, 0.2) is 0 Å². The number of carbonyl (C=O) groups is 1. The number of para-hydroxylation sites is 1. The van der Waals surface area contributed by atoms with Crippen molar-refractivity contribution in [3.8, 4) is 0 Å². The van der Waals surface area contributed by atoms with Crippen molar-refractivity contribution in [2.45, 2.75) is 25.8 Å². The second-order valence-electron chi connectivity index (χ2n) is 6.57. The number of anilines is 2. The van der Waals surface area contributed by atoms with Gasteiger partial charge >= 0.3 is 0 Å². The molecule has 0 bridgehead atoms. The van der Waals surface area contributed by atoms with Crippen molar-refractivity contribution in [2.24, 2.45) is 0 Å². The van der Waals surface area contributed by atoms with E-state index in [9.17, 15) is 4.79 Å². The van der Waals surface area contributed by atoms with Gasteiger partial charge in [0.25, 0.3) is 5.91 Å². The zero-order chi connectivity index (χ0) is 17.1. The van der Waals surface area contributed by atoms with E-state index in [2.05, 4.69) is 29.2 Å². The van der Waals surface area contributed by atoms with Crippen LogP contribution in [0.5, 0.6) is 0 Å². The Morgan fingerprint density at radius 3 is 2.54 bits per heavy atom. The van der Waals surface area contributed by atoms with Gasteiger partial charge in [0.1, 0.15) is 0 Å². The van der Waals surface area contributed by atoms with Gasteiger partial charge in [-0.3, -0.25) is 4.79 Å². The highest BCUT2D eigenvalue weighted by atomic mass is 35.5. The van der Waals surface area contributed by atoms with E-state index in [1.165, 1.54) is 5.69 Å². The summed E-state index contributed by atoms with van der Waals surface area (Å²) in [4.78, 5) is 17.2. The molecule has 1 fully saturated rings. The van der Waals surface area contributed by atoms with Crippen LogP contribution in [0.2, 0.25) is 0 Å². The Morgan fingerprint density at radius 1 is 1.15 bits per heavy atom. The third-order valence-electron chi connectivity index (χ3n) is 4.88. The first kappa shape index (κ1) is 22.1. The zero-order valence-electron chi connectivity index (χ0n) is 15.2. The summed E-state index contributed by atoms with van der Waals surface area (Å²) in [5.41, 5.74) is 9.39. The minimum absolute atomic E-state index is 0. The molecule has 1 atom stereocenters. The molecule has 1 heterocycles. The van der Waals surface area contributed by atoms with Crippen LogP contribution in [0.15, 0.2) is 48.5 Å². The quantitative estimate of drug-likeness (QED) is 0.793. The fourth-order valence-corrected chi connectivity index (χ4v) is 3.37. The highest BCUT2D eigenvalue weighted by molar-refractivity contribution is 5.96. The lowest BCUT2D eigenvalue weighted by molar-refractivity contribution is 0.0717. The molecule has 2 N–H and O–H groups in total. The number of halogens is 2. The Balaban J connectivity index is 0.00000169. The third-order valence-corrected chi connectivity index (χ3v) is 4.88. The summed E-state index contributed by atoms with van der Waals surface area (Å²) in [6.07, 6.45) is 2.13. The summed E-state index contributed by atoms with van der Waals surface area (Å²) < 4.78 is 0. The Bertz CT molecular complexity index is 724. The molecule has 0 saturated carbocycles. The molecule has 0 spiro atoms. The van der Waals surface area contributed by atoms with Crippen molar-refractivity contribution in [3.05, 3.63) is 59.7 Å². The Labute approximate surface area is 168 Å². The molecule has 2 aromatic rings. The number of nitrogens with two attached hydrogens (primary N) is 1. The predicted molar refractivity (Wildman–Crippen MR) is 114 cm³/mol. The second-order valence-corrected chi connectivity index (χ2v) is 6.57. The fraction of sp³-hybridized carbons (Fsp3) is 0.350. The first-order valence-electron chi connectivity index (χ1n) is 8.49. The molecular formula is C20H27Cl2N3O. The Kier molecular flexibility index (Phi) is 8.25.